The Bertz CT molecular complexity index is 526. The molecule has 0 aliphatic carbocycles. The number of hydrogen-bond acceptors (Lipinski definition) is 3. The minimum Gasteiger partial charge on any atom is -0.469 e. The van der Waals surface area contributed by atoms with Crippen molar-refractivity contribution in [1.29, 1.82) is 0 Å². The van der Waals surface area contributed by atoms with Gasteiger partial charge in [0.25, 0.3) is 0 Å². The zero-order valence-electron chi connectivity index (χ0n) is 10.8. The molecule has 0 bridgehead atoms. The van der Waals surface area contributed by atoms with Crippen molar-refractivity contribution in [1.82, 2.24) is 5.32 Å². The first-order chi connectivity index (χ1) is 9.33. The predicted molar refractivity (Wildman–Crippen MR) is 69.6 cm³/mol. The Labute approximate surface area is 119 Å². The number of urea groups is 1. The van der Waals surface area contributed by atoms with E-state index in [0.29, 0.717) is 0 Å². The zero-order chi connectivity index (χ0) is 15.3. The number of benzene rings is 1. The molecule has 0 aromatic heterocycles. The van der Waals surface area contributed by atoms with E-state index in [2.05, 4.69) is 15.4 Å². The Kier molecular flexibility index (Phi) is 5.69. The van der Waals surface area contributed by atoms with Crippen LogP contribution in [0.25, 0.3) is 0 Å². The highest BCUT2D eigenvalue weighted by Gasteiger charge is 2.14. The molecule has 2 amide bonds. The molecule has 0 heterocycles. The summed E-state index contributed by atoms with van der Waals surface area (Å²) < 4.78 is 30.3. The SMILES string of the molecule is COC(=O)C[C@H](C)NC(=O)Nc1cc(F)c(F)cc1Cl. The fraction of sp³-hybridized carbons (Fsp3) is 0.333. The molecule has 0 saturated heterocycles. The fourth-order valence-electron chi connectivity index (χ4n) is 1.38. The molecule has 1 atom stereocenters. The van der Waals surface area contributed by atoms with E-state index in [-0.39, 0.29) is 17.1 Å². The lowest BCUT2D eigenvalue weighted by molar-refractivity contribution is -0.141. The Hall–Kier alpha value is -1.89. The van der Waals surface area contributed by atoms with Crippen molar-refractivity contribution in [2.45, 2.75) is 19.4 Å². The van der Waals surface area contributed by atoms with Crippen molar-refractivity contribution in [3.05, 3.63) is 28.8 Å². The van der Waals surface area contributed by atoms with Gasteiger partial charge in [0, 0.05) is 12.1 Å². The van der Waals surface area contributed by atoms with Gasteiger partial charge >= 0.3 is 12.0 Å². The van der Waals surface area contributed by atoms with Gasteiger partial charge in [0.05, 0.1) is 24.2 Å². The number of halogens is 3. The summed E-state index contributed by atoms with van der Waals surface area (Å²) in [4.78, 5) is 22.6. The van der Waals surface area contributed by atoms with Gasteiger partial charge in [-0.2, -0.15) is 0 Å². The monoisotopic (exact) mass is 306 g/mol. The van der Waals surface area contributed by atoms with Gasteiger partial charge in [-0.1, -0.05) is 11.6 Å². The fourth-order valence-corrected chi connectivity index (χ4v) is 1.58. The van der Waals surface area contributed by atoms with Gasteiger partial charge < -0.3 is 15.4 Å². The molecule has 0 aliphatic heterocycles. The van der Waals surface area contributed by atoms with E-state index in [9.17, 15) is 18.4 Å². The lowest BCUT2D eigenvalue weighted by Gasteiger charge is -2.14. The first-order valence-corrected chi connectivity index (χ1v) is 6.00. The standard InChI is InChI=1S/C12H13ClF2N2O3/c1-6(3-11(18)20-2)16-12(19)17-10-5-9(15)8(14)4-7(10)13/h4-6H,3H2,1-2H3,(H2,16,17,19)/t6-/m0/s1. The highest BCUT2D eigenvalue weighted by molar-refractivity contribution is 6.33. The summed E-state index contributed by atoms with van der Waals surface area (Å²) in [6.45, 7) is 1.59. The van der Waals surface area contributed by atoms with Gasteiger partial charge in [-0.15, -0.1) is 0 Å². The molecule has 0 unspecified atom stereocenters. The summed E-state index contributed by atoms with van der Waals surface area (Å²) in [5.74, 6) is -2.73. The normalized spacial score (nSPS) is 11.7. The summed E-state index contributed by atoms with van der Waals surface area (Å²) >= 11 is 5.67. The van der Waals surface area contributed by atoms with Crippen molar-refractivity contribution in [2.24, 2.45) is 0 Å². The van der Waals surface area contributed by atoms with Crippen LogP contribution in [0.5, 0.6) is 0 Å². The topological polar surface area (TPSA) is 67.4 Å². The minimum absolute atomic E-state index is 0.0184. The molecule has 0 radical (unpaired) electrons. The van der Waals surface area contributed by atoms with E-state index in [1.165, 1.54) is 7.11 Å². The molecule has 8 heteroatoms. The van der Waals surface area contributed by atoms with Crippen LogP contribution in [0.1, 0.15) is 13.3 Å². The van der Waals surface area contributed by atoms with Crippen LogP contribution in [0.3, 0.4) is 0 Å². The lowest BCUT2D eigenvalue weighted by atomic mass is 10.2. The first kappa shape index (κ1) is 16.2. The quantitative estimate of drug-likeness (QED) is 0.664. The largest absolute Gasteiger partial charge is 0.469 e. The average Bonchev–Trinajstić information content (AvgIpc) is 2.35. The van der Waals surface area contributed by atoms with Crippen LogP contribution in [0.15, 0.2) is 12.1 Å². The van der Waals surface area contributed by atoms with Crippen molar-refractivity contribution < 1.29 is 23.1 Å². The maximum atomic E-state index is 13.0. The van der Waals surface area contributed by atoms with Crippen LogP contribution in [0.2, 0.25) is 5.02 Å². The lowest BCUT2D eigenvalue weighted by Crippen LogP contribution is -2.37. The summed E-state index contributed by atoms with van der Waals surface area (Å²) in [6.07, 6.45) is -0.0184. The Morgan fingerprint density at radius 1 is 1.35 bits per heavy atom. The second kappa shape index (κ2) is 7.04. The molecular formula is C12H13ClF2N2O3. The Morgan fingerprint density at radius 3 is 2.55 bits per heavy atom. The number of anilines is 1. The number of esters is 1. The Balaban J connectivity index is 2.63. The van der Waals surface area contributed by atoms with E-state index in [4.69, 9.17) is 11.6 Å². The number of methoxy groups -OCH3 is 1. The van der Waals surface area contributed by atoms with Crippen molar-refractivity contribution in [3.63, 3.8) is 0 Å². The number of hydrogen-bond donors (Lipinski definition) is 2. The molecule has 0 aliphatic rings. The molecule has 0 saturated carbocycles. The maximum Gasteiger partial charge on any atom is 0.319 e. The van der Waals surface area contributed by atoms with Gasteiger partial charge in [0.2, 0.25) is 0 Å². The second-order valence-corrected chi connectivity index (χ2v) is 4.43. The highest BCUT2D eigenvalue weighted by atomic mass is 35.5. The number of carbonyl (C=O) groups excluding carboxylic acids is 2. The third-order valence-electron chi connectivity index (χ3n) is 2.34. The van der Waals surface area contributed by atoms with Gasteiger partial charge in [0.15, 0.2) is 11.6 Å². The van der Waals surface area contributed by atoms with Gasteiger partial charge in [0.1, 0.15) is 0 Å². The number of carbonyl (C=O) groups is 2. The zero-order valence-corrected chi connectivity index (χ0v) is 11.6. The maximum absolute atomic E-state index is 13.0. The summed E-state index contributed by atoms with van der Waals surface area (Å²) in [6, 6.07) is 0.327. The molecular weight excluding hydrogens is 294 g/mol. The number of rotatable bonds is 4. The first-order valence-electron chi connectivity index (χ1n) is 5.62. The summed E-state index contributed by atoms with van der Waals surface area (Å²) in [5.41, 5.74) is -0.0756. The van der Waals surface area contributed by atoms with Crippen LogP contribution in [0.4, 0.5) is 19.3 Å². The average molecular weight is 307 g/mol. The third kappa shape index (κ3) is 4.65. The van der Waals surface area contributed by atoms with Crippen LogP contribution in [-0.4, -0.2) is 25.2 Å². The second-order valence-electron chi connectivity index (χ2n) is 4.03. The van der Waals surface area contributed by atoms with E-state index in [1.807, 2.05) is 0 Å². The molecule has 110 valence electrons. The summed E-state index contributed by atoms with van der Waals surface area (Å²) in [7, 11) is 1.23. The molecule has 0 fully saturated rings. The number of ether oxygens (including phenoxy) is 1. The highest BCUT2D eigenvalue weighted by Crippen LogP contribution is 2.24. The van der Waals surface area contributed by atoms with E-state index >= 15 is 0 Å². The van der Waals surface area contributed by atoms with Crippen LogP contribution in [0, 0.1) is 11.6 Å². The molecule has 0 spiro atoms. The molecule has 2 N–H and O–H groups in total. The van der Waals surface area contributed by atoms with Gasteiger partial charge in [-0.3, -0.25) is 4.79 Å². The van der Waals surface area contributed by atoms with Crippen molar-refractivity contribution >= 4 is 29.3 Å². The smallest absolute Gasteiger partial charge is 0.319 e. The predicted octanol–water partition coefficient (Wildman–Crippen LogP) is 2.69. The Morgan fingerprint density at radius 2 is 1.95 bits per heavy atom. The van der Waals surface area contributed by atoms with Crippen molar-refractivity contribution in [3.8, 4) is 0 Å². The van der Waals surface area contributed by atoms with Crippen molar-refractivity contribution in [2.75, 3.05) is 12.4 Å². The summed E-state index contributed by atoms with van der Waals surface area (Å²) in [5, 5.41) is 4.55. The number of nitrogens with one attached hydrogen (secondary N) is 2. The molecule has 1 aromatic rings. The van der Waals surface area contributed by atoms with Gasteiger partial charge in [-0.25, -0.2) is 13.6 Å². The van der Waals surface area contributed by atoms with Crippen LogP contribution < -0.4 is 10.6 Å². The van der Waals surface area contributed by atoms with E-state index in [1.54, 1.807) is 6.92 Å². The van der Waals surface area contributed by atoms with Crippen LogP contribution >= 0.6 is 11.6 Å². The molecule has 1 aromatic carbocycles. The van der Waals surface area contributed by atoms with E-state index in [0.717, 1.165) is 12.1 Å². The van der Waals surface area contributed by atoms with Gasteiger partial charge in [-0.05, 0) is 13.0 Å². The van der Waals surface area contributed by atoms with E-state index < -0.39 is 29.7 Å². The molecule has 5 nitrogen and oxygen atoms in total. The molecule has 20 heavy (non-hydrogen) atoms. The molecule has 1 rings (SSSR count). The number of amides is 2. The minimum atomic E-state index is -1.13. The van der Waals surface area contributed by atoms with Crippen LogP contribution in [-0.2, 0) is 9.53 Å². The third-order valence-corrected chi connectivity index (χ3v) is 2.65.